The molecule has 128 valence electrons. The van der Waals surface area contributed by atoms with E-state index in [9.17, 15) is 4.79 Å². The van der Waals surface area contributed by atoms with Crippen LogP contribution in [0.5, 0.6) is 0 Å². The molecule has 1 saturated heterocycles. The largest absolute Gasteiger partial charge is 0.350 e. The van der Waals surface area contributed by atoms with Crippen molar-refractivity contribution in [2.75, 3.05) is 19.6 Å². The molecule has 3 rings (SSSR count). The third kappa shape index (κ3) is 3.91. The molecule has 2 atom stereocenters. The Hall–Kier alpha value is -1.43. The Kier molecular flexibility index (Phi) is 5.30. The maximum absolute atomic E-state index is 12.4. The van der Waals surface area contributed by atoms with E-state index in [0.29, 0.717) is 17.7 Å². The van der Waals surface area contributed by atoms with E-state index in [-0.39, 0.29) is 5.91 Å². The van der Waals surface area contributed by atoms with Crippen LogP contribution in [0.15, 0.2) is 0 Å². The molecule has 1 amide bonds. The van der Waals surface area contributed by atoms with Crippen molar-refractivity contribution in [3.8, 4) is 0 Å². The average molecular weight is 319 g/mol. The van der Waals surface area contributed by atoms with Gasteiger partial charge in [-0.3, -0.25) is 4.79 Å². The van der Waals surface area contributed by atoms with Crippen molar-refractivity contribution in [3.63, 3.8) is 0 Å². The fourth-order valence-corrected chi connectivity index (χ4v) is 4.01. The molecule has 2 heterocycles. The van der Waals surface area contributed by atoms with Crippen molar-refractivity contribution in [1.29, 1.82) is 0 Å². The molecule has 0 radical (unpaired) electrons. The number of hydrogen-bond donors (Lipinski definition) is 2. The van der Waals surface area contributed by atoms with Crippen molar-refractivity contribution < 1.29 is 4.79 Å². The van der Waals surface area contributed by atoms with E-state index in [1.54, 1.807) is 0 Å². The Bertz CT molecular complexity index is 535. The highest BCUT2D eigenvalue weighted by Gasteiger charge is 2.24. The zero-order valence-corrected chi connectivity index (χ0v) is 14.3. The van der Waals surface area contributed by atoms with Crippen LogP contribution < -0.4 is 10.6 Å². The number of nitrogens with zero attached hydrogens (tertiary/aromatic N) is 3. The van der Waals surface area contributed by atoms with Gasteiger partial charge < -0.3 is 10.6 Å². The van der Waals surface area contributed by atoms with E-state index in [4.69, 9.17) is 0 Å². The van der Waals surface area contributed by atoms with Crippen LogP contribution in [0.3, 0.4) is 0 Å². The lowest BCUT2D eigenvalue weighted by atomic mass is 9.82. The lowest BCUT2D eigenvalue weighted by Gasteiger charge is -2.26. The zero-order chi connectivity index (χ0) is 16.2. The Labute approximate surface area is 138 Å². The Morgan fingerprint density at radius 3 is 2.83 bits per heavy atom. The highest BCUT2D eigenvalue weighted by Crippen LogP contribution is 2.28. The van der Waals surface area contributed by atoms with Crippen LogP contribution in [0.25, 0.3) is 0 Å². The molecule has 1 aromatic heterocycles. The quantitative estimate of drug-likeness (QED) is 0.891. The van der Waals surface area contributed by atoms with E-state index in [1.165, 1.54) is 25.7 Å². The minimum Gasteiger partial charge on any atom is -0.350 e. The average Bonchev–Trinajstić information content (AvgIpc) is 2.95. The number of carbonyl (C=O) groups excluding carboxylic acids is 1. The van der Waals surface area contributed by atoms with Gasteiger partial charge in [0.15, 0.2) is 5.69 Å². The normalized spacial score (nSPS) is 26.2. The second-order valence-corrected chi connectivity index (χ2v) is 7.30. The predicted octanol–water partition coefficient (Wildman–Crippen LogP) is 2.07. The minimum atomic E-state index is -0.0686. The highest BCUT2D eigenvalue weighted by molar-refractivity contribution is 5.93. The monoisotopic (exact) mass is 319 g/mol. The lowest BCUT2D eigenvalue weighted by molar-refractivity contribution is 0.0935. The molecule has 2 N–H and O–H groups in total. The summed E-state index contributed by atoms with van der Waals surface area (Å²) in [4.78, 5) is 12.4. The minimum absolute atomic E-state index is 0.0686. The molecule has 2 aliphatic rings. The first-order chi connectivity index (χ1) is 11.1. The molecule has 23 heavy (non-hydrogen) atoms. The standard InChI is InChI=1S/C17H29N5O/c1-12-4-3-5-14(10-12)11-19-17(23)16-13(2)22(21-20-16)15-6-8-18-9-7-15/h12,14-15,18H,3-11H2,1-2H3,(H,19,23)/t12-,14-/m0/s1. The Morgan fingerprint density at radius 1 is 1.30 bits per heavy atom. The number of aromatic nitrogens is 3. The van der Waals surface area contributed by atoms with Gasteiger partial charge in [-0.15, -0.1) is 5.10 Å². The number of amides is 1. The molecule has 0 unspecified atom stereocenters. The third-order valence-corrected chi connectivity index (χ3v) is 5.39. The summed E-state index contributed by atoms with van der Waals surface area (Å²) in [6.45, 7) is 7.04. The lowest BCUT2D eigenvalue weighted by Crippen LogP contribution is -2.32. The molecular formula is C17H29N5O. The van der Waals surface area contributed by atoms with Crippen LogP contribution in [-0.2, 0) is 0 Å². The summed E-state index contributed by atoms with van der Waals surface area (Å²) in [5, 5.41) is 14.8. The Balaban J connectivity index is 1.58. The number of rotatable bonds is 4. The molecule has 1 aromatic rings. The van der Waals surface area contributed by atoms with E-state index < -0.39 is 0 Å². The first-order valence-electron chi connectivity index (χ1n) is 9.06. The molecule has 0 spiro atoms. The van der Waals surface area contributed by atoms with Crippen LogP contribution in [0.2, 0.25) is 0 Å². The maximum atomic E-state index is 12.4. The van der Waals surface area contributed by atoms with Crippen molar-refractivity contribution in [2.45, 2.75) is 58.4 Å². The summed E-state index contributed by atoms with van der Waals surface area (Å²) in [6.07, 6.45) is 7.16. The second kappa shape index (κ2) is 7.43. The summed E-state index contributed by atoms with van der Waals surface area (Å²) in [5.41, 5.74) is 1.39. The summed E-state index contributed by atoms with van der Waals surface area (Å²) in [5.74, 6) is 1.33. The van der Waals surface area contributed by atoms with Gasteiger partial charge in [0, 0.05) is 6.54 Å². The fourth-order valence-electron chi connectivity index (χ4n) is 4.01. The SMILES string of the molecule is Cc1c(C(=O)NC[C@H]2CCC[C@H](C)C2)nnn1C1CCNCC1. The smallest absolute Gasteiger partial charge is 0.273 e. The van der Waals surface area contributed by atoms with Crippen molar-refractivity contribution >= 4 is 5.91 Å². The molecular weight excluding hydrogens is 290 g/mol. The number of carbonyl (C=O) groups is 1. The number of nitrogens with one attached hydrogen (secondary N) is 2. The van der Waals surface area contributed by atoms with E-state index >= 15 is 0 Å². The number of hydrogen-bond acceptors (Lipinski definition) is 4. The maximum Gasteiger partial charge on any atom is 0.273 e. The first-order valence-corrected chi connectivity index (χ1v) is 9.06. The molecule has 6 nitrogen and oxygen atoms in total. The van der Waals surface area contributed by atoms with Gasteiger partial charge in [-0.25, -0.2) is 4.68 Å². The molecule has 1 aliphatic heterocycles. The molecule has 1 saturated carbocycles. The molecule has 0 bridgehead atoms. The highest BCUT2D eigenvalue weighted by atomic mass is 16.2. The van der Waals surface area contributed by atoms with E-state index in [2.05, 4.69) is 27.9 Å². The van der Waals surface area contributed by atoms with Crippen molar-refractivity contribution in [2.24, 2.45) is 11.8 Å². The van der Waals surface area contributed by atoms with Gasteiger partial charge in [0.2, 0.25) is 0 Å². The third-order valence-electron chi connectivity index (χ3n) is 5.39. The van der Waals surface area contributed by atoms with Crippen LogP contribution in [0.4, 0.5) is 0 Å². The van der Waals surface area contributed by atoms with Crippen molar-refractivity contribution in [1.82, 2.24) is 25.6 Å². The summed E-state index contributed by atoms with van der Waals surface area (Å²) < 4.78 is 1.94. The van der Waals surface area contributed by atoms with Gasteiger partial charge in [0.25, 0.3) is 5.91 Å². The van der Waals surface area contributed by atoms with Crippen LogP contribution in [-0.4, -0.2) is 40.5 Å². The molecule has 1 aliphatic carbocycles. The van der Waals surface area contributed by atoms with Gasteiger partial charge in [0.05, 0.1) is 11.7 Å². The van der Waals surface area contributed by atoms with Crippen LogP contribution in [0.1, 0.15) is 67.7 Å². The summed E-state index contributed by atoms with van der Waals surface area (Å²) in [7, 11) is 0. The van der Waals surface area contributed by atoms with E-state index in [0.717, 1.165) is 44.1 Å². The summed E-state index contributed by atoms with van der Waals surface area (Å²) >= 11 is 0. The fraction of sp³-hybridized carbons (Fsp3) is 0.824. The second-order valence-electron chi connectivity index (χ2n) is 7.30. The number of piperidine rings is 1. The molecule has 6 heteroatoms. The van der Waals surface area contributed by atoms with Gasteiger partial charge >= 0.3 is 0 Å². The van der Waals surface area contributed by atoms with Gasteiger partial charge in [-0.1, -0.05) is 25.0 Å². The molecule has 2 fully saturated rings. The van der Waals surface area contributed by atoms with Crippen LogP contribution >= 0.6 is 0 Å². The Morgan fingerprint density at radius 2 is 2.09 bits per heavy atom. The molecule has 0 aromatic carbocycles. The zero-order valence-electron chi connectivity index (χ0n) is 14.3. The van der Waals surface area contributed by atoms with Gasteiger partial charge in [0.1, 0.15) is 0 Å². The van der Waals surface area contributed by atoms with Gasteiger partial charge in [-0.2, -0.15) is 0 Å². The summed E-state index contributed by atoms with van der Waals surface area (Å²) in [6, 6.07) is 0.365. The van der Waals surface area contributed by atoms with Crippen LogP contribution in [0, 0.1) is 18.8 Å². The predicted molar refractivity (Wildman–Crippen MR) is 89.4 cm³/mol. The van der Waals surface area contributed by atoms with E-state index in [1.807, 2.05) is 11.6 Å². The first kappa shape index (κ1) is 16.4. The van der Waals surface area contributed by atoms with Gasteiger partial charge in [-0.05, 0) is 57.5 Å². The topological polar surface area (TPSA) is 71.8 Å². The van der Waals surface area contributed by atoms with Crippen molar-refractivity contribution in [3.05, 3.63) is 11.4 Å².